The molecule has 5 nitrogen and oxygen atoms in total. The second-order valence-electron chi connectivity index (χ2n) is 4.47. The van der Waals surface area contributed by atoms with Gasteiger partial charge in [0.2, 0.25) is 0 Å². The van der Waals surface area contributed by atoms with Gasteiger partial charge in [0.25, 0.3) is 0 Å². The summed E-state index contributed by atoms with van der Waals surface area (Å²) in [5.74, 6) is 0.313. The van der Waals surface area contributed by atoms with Gasteiger partial charge >= 0.3 is 12.0 Å². The molecule has 0 aromatic heterocycles. The largest absolute Gasteiger partial charge is 0.469 e. The number of esters is 1. The molecule has 5 heteroatoms. The first kappa shape index (κ1) is 13.8. The van der Waals surface area contributed by atoms with Crippen LogP contribution in [0.1, 0.15) is 38.5 Å². The van der Waals surface area contributed by atoms with Gasteiger partial charge in [0.15, 0.2) is 0 Å². The van der Waals surface area contributed by atoms with E-state index in [1.807, 2.05) is 0 Å². The van der Waals surface area contributed by atoms with E-state index in [0.717, 1.165) is 6.54 Å². The van der Waals surface area contributed by atoms with E-state index >= 15 is 0 Å². The van der Waals surface area contributed by atoms with E-state index in [-0.39, 0.29) is 18.4 Å². The summed E-state index contributed by atoms with van der Waals surface area (Å²) in [4.78, 5) is 22.2. The van der Waals surface area contributed by atoms with Crippen LogP contribution in [-0.4, -0.2) is 32.2 Å². The lowest BCUT2D eigenvalue weighted by Gasteiger charge is -2.21. The fourth-order valence-corrected chi connectivity index (χ4v) is 2.07. The minimum atomic E-state index is -0.308. The van der Waals surface area contributed by atoms with Crippen LogP contribution < -0.4 is 10.6 Å². The monoisotopic (exact) mass is 242 g/mol. The summed E-state index contributed by atoms with van der Waals surface area (Å²) >= 11 is 0. The maximum Gasteiger partial charge on any atom is 0.314 e. The SMILES string of the molecule is COC(=O)CCNC(=O)NCC1CCCCC1. The fourth-order valence-electron chi connectivity index (χ4n) is 2.07. The third kappa shape index (κ3) is 6.14. The molecule has 1 saturated carbocycles. The Morgan fingerprint density at radius 1 is 1.18 bits per heavy atom. The molecular weight excluding hydrogens is 220 g/mol. The highest BCUT2D eigenvalue weighted by Gasteiger charge is 2.14. The summed E-state index contributed by atoms with van der Waals surface area (Å²) in [6.45, 7) is 1.06. The highest BCUT2D eigenvalue weighted by atomic mass is 16.5. The van der Waals surface area contributed by atoms with Crippen molar-refractivity contribution in [2.24, 2.45) is 5.92 Å². The van der Waals surface area contributed by atoms with Gasteiger partial charge in [-0.1, -0.05) is 19.3 Å². The zero-order valence-corrected chi connectivity index (χ0v) is 10.5. The van der Waals surface area contributed by atoms with Crippen LogP contribution in [0.3, 0.4) is 0 Å². The summed E-state index contributed by atoms with van der Waals surface area (Å²) in [6, 6.07) is -0.195. The number of urea groups is 1. The van der Waals surface area contributed by atoms with Crippen LogP contribution >= 0.6 is 0 Å². The molecule has 17 heavy (non-hydrogen) atoms. The first-order chi connectivity index (χ1) is 8.22. The van der Waals surface area contributed by atoms with Crippen LogP contribution in [0.2, 0.25) is 0 Å². The Morgan fingerprint density at radius 2 is 1.88 bits per heavy atom. The molecule has 0 aromatic carbocycles. The molecule has 0 aromatic rings. The zero-order valence-electron chi connectivity index (χ0n) is 10.5. The van der Waals surface area contributed by atoms with E-state index in [1.54, 1.807) is 0 Å². The maximum absolute atomic E-state index is 11.4. The Morgan fingerprint density at radius 3 is 2.53 bits per heavy atom. The van der Waals surface area contributed by atoms with Crippen LogP contribution in [0, 0.1) is 5.92 Å². The van der Waals surface area contributed by atoms with Gasteiger partial charge in [-0.05, 0) is 18.8 Å². The van der Waals surface area contributed by atoms with E-state index in [1.165, 1.54) is 39.2 Å². The maximum atomic E-state index is 11.4. The summed E-state index contributed by atoms with van der Waals surface area (Å²) < 4.78 is 4.48. The van der Waals surface area contributed by atoms with E-state index in [4.69, 9.17) is 0 Å². The minimum absolute atomic E-state index is 0.195. The Bertz CT molecular complexity index is 250. The van der Waals surface area contributed by atoms with Gasteiger partial charge in [-0.15, -0.1) is 0 Å². The molecule has 0 atom stereocenters. The molecule has 98 valence electrons. The number of amides is 2. The molecule has 0 radical (unpaired) electrons. The predicted molar refractivity (Wildman–Crippen MR) is 64.6 cm³/mol. The number of ether oxygens (including phenoxy) is 1. The lowest BCUT2D eigenvalue weighted by Crippen LogP contribution is -2.39. The van der Waals surface area contributed by atoms with Crippen molar-refractivity contribution in [2.75, 3.05) is 20.2 Å². The molecule has 0 spiro atoms. The van der Waals surface area contributed by atoms with Crippen molar-refractivity contribution in [3.63, 3.8) is 0 Å². The predicted octanol–water partition coefficient (Wildman–Crippen LogP) is 1.43. The molecule has 0 unspecified atom stereocenters. The van der Waals surface area contributed by atoms with Crippen LogP contribution in [0.4, 0.5) is 4.79 Å². The van der Waals surface area contributed by atoms with Gasteiger partial charge in [0.05, 0.1) is 13.5 Å². The first-order valence-corrected chi connectivity index (χ1v) is 6.31. The fraction of sp³-hybridized carbons (Fsp3) is 0.833. The normalized spacial score (nSPS) is 16.3. The van der Waals surface area contributed by atoms with E-state index in [9.17, 15) is 9.59 Å². The molecule has 0 bridgehead atoms. The van der Waals surface area contributed by atoms with Gasteiger partial charge in [-0.2, -0.15) is 0 Å². The Balaban J connectivity index is 2.02. The van der Waals surface area contributed by atoms with Crippen LogP contribution in [0.25, 0.3) is 0 Å². The average Bonchev–Trinajstić information content (AvgIpc) is 2.37. The summed E-state index contributed by atoms with van der Waals surface area (Å²) in [5.41, 5.74) is 0. The van der Waals surface area contributed by atoms with Crippen LogP contribution in [0.5, 0.6) is 0 Å². The summed E-state index contributed by atoms with van der Waals surface area (Å²) in [7, 11) is 1.34. The van der Waals surface area contributed by atoms with E-state index in [0.29, 0.717) is 12.5 Å². The van der Waals surface area contributed by atoms with Crippen molar-refractivity contribution in [1.29, 1.82) is 0 Å². The molecule has 1 aliphatic rings. The third-order valence-electron chi connectivity index (χ3n) is 3.12. The van der Waals surface area contributed by atoms with Gasteiger partial charge in [0, 0.05) is 13.1 Å². The second kappa shape index (κ2) is 7.92. The third-order valence-corrected chi connectivity index (χ3v) is 3.12. The molecule has 2 amide bonds. The smallest absolute Gasteiger partial charge is 0.314 e. The standard InChI is InChI=1S/C12H22N2O3/c1-17-11(15)7-8-13-12(16)14-9-10-5-3-2-4-6-10/h10H,2-9H2,1H3,(H2,13,14,16). The van der Waals surface area contributed by atoms with Crippen molar-refractivity contribution >= 4 is 12.0 Å². The zero-order chi connectivity index (χ0) is 12.5. The topological polar surface area (TPSA) is 67.4 Å². The molecule has 0 aliphatic heterocycles. The molecule has 1 fully saturated rings. The number of hydrogen-bond donors (Lipinski definition) is 2. The van der Waals surface area contributed by atoms with Crippen LogP contribution in [-0.2, 0) is 9.53 Å². The van der Waals surface area contributed by atoms with Gasteiger partial charge in [-0.25, -0.2) is 4.79 Å². The molecule has 1 rings (SSSR count). The molecule has 0 heterocycles. The Kier molecular flexibility index (Phi) is 6.43. The lowest BCUT2D eigenvalue weighted by molar-refractivity contribution is -0.140. The number of nitrogens with one attached hydrogen (secondary N) is 2. The van der Waals surface area contributed by atoms with Gasteiger partial charge in [-0.3, -0.25) is 4.79 Å². The lowest BCUT2D eigenvalue weighted by atomic mass is 9.89. The van der Waals surface area contributed by atoms with Gasteiger partial charge in [0.1, 0.15) is 0 Å². The highest BCUT2D eigenvalue weighted by molar-refractivity contribution is 5.75. The van der Waals surface area contributed by atoms with Crippen molar-refractivity contribution in [2.45, 2.75) is 38.5 Å². The van der Waals surface area contributed by atoms with Crippen molar-refractivity contribution < 1.29 is 14.3 Å². The Hall–Kier alpha value is -1.26. The minimum Gasteiger partial charge on any atom is -0.469 e. The van der Waals surface area contributed by atoms with Gasteiger partial charge < -0.3 is 15.4 Å². The summed E-state index contributed by atoms with van der Waals surface area (Å²) in [6.07, 6.45) is 6.51. The second-order valence-corrected chi connectivity index (χ2v) is 4.47. The van der Waals surface area contributed by atoms with E-state index in [2.05, 4.69) is 15.4 Å². The molecule has 2 N–H and O–H groups in total. The van der Waals surface area contributed by atoms with E-state index < -0.39 is 0 Å². The first-order valence-electron chi connectivity index (χ1n) is 6.31. The molecule has 0 saturated heterocycles. The number of methoxy groups -OCH3 is 1. The van der Waals surface area contributed by atoms with Crippen LogP contribution in [0.15, 0.2) is 0 Å². The highest BCUT2D eigenvalue weighted by Crippen LogP contribution is 2.22. The number of rotatable bonds is 5. The number of hydrogen-bond acceptors (Lipinski definition) is 3. The number of carbonyl (C=O) groups excluding carboxylic acids is 2. The molecular formula is C12H22N2O3. The summed E-state index contributed by atoms with van der Waals surface area (Å²) in [5, 5.41) is 5.48. The van der Waals surface area contributed by atoms with Crippen molar-refractivity contribution in [3.8, 4) is 0 Å². The molecule has 1 aliphatic carbocycles. The average molecular weight is 242 g/mol. The Labute approximate surface area is 102 Å². The van der Waals surface area contributed by atoms with Crippen molar-refractivity contribution in [3.05, 3.63) is 0 Å². The quantitative estimate of drug-likeness (QED) is 0.717. The number of carbonyl (C=O) groups is 2. The van der Waals surface area contributed by atoms with Crippen molar-refractivity contribution in [1.82, 2.24) is 10.6 Å².